The van der Waals surface area contributed by atoms with Gasteiger partial charge in [0.05, 0.1) is 5.56 Å². The minimum Gasteiger partial charge on any atom is -0.349 e. The molecule has 1 fully saturated rings. The molecule has 0 saturated carbocycles. The molecule has 2 rings (SSSR count). The first-order chi connectivity index (χ1) is 9.58. The summed E-state index contributed by atoms with van der Waals surface area (Å²) < 4.78 is 2.21. The number of aryl methyl sites for hydroxylation is 1. The standard InChI is InChI=1S/C16H27N3O.ClH/c1-5-19-12(2)9-15(13(19)3)16(20)18-8-6-7-14(11-18)10-17-4;/h9,14,17H,5-8,10-11H2,1-4H3;1H. The summed E-state index contributed by atoms with van der Waals surface area (Å²) in [5, 5.41) is 3.23. The predicted octanol–water partition coefficient (Wildman–Crippen LogP) is 2.62. The number of hydrogen-bond acceptors (Lipinski definition) is 2. The van der Waals surface area contributed by atoms with E-state index in [4.69, 9.17) is 0 Å². The van der Waals surface area contributed by atoms with E-state index in [0.29, 0.717) is 5.92 Å². The quantitative estimate of drug-likeness (QED) is 0.928. The Balaban J connectivity index is 0.00000220. The summed E-state index contributed by atoms with van der Waals surface area (Å²) in [7, 11) is 1.98. The summed E-state index contributed by atoms with van der Waals surface area (Å²) in [5.41, 5.74) is 3.16. The molecule has 4 nitrogen and oxygen atoms in total. The monoisotopic (exact) mass is 313 g/mol. The van der Waals surface area contributed by atoms with E-state index in [2.05, 4.69) is 30.7 Å². The van der Waals surface area contributed by atoms with Crippen LogP contribution in [0.4, 0.5) is 0 Å². The number of hydrogen-bond donors (Lipinski definition) is 1. The summed E-state index contributed by atoms with van der Waals surface area (Å²) in [6.45, 7) is 9.96. The average molecular weight is 314 g/mol. The van der Waals surface area contributed by atoms with Crippen molar-refractivity contribution in [1.29, 1.82) is 0 Å². The highest BCUT2D eigenvalue weighted by Crippen LogP contribution is 2.21. The van der Waals surface area contributed by atoms with Crippen molar-refractivity contribution in [3.8, 4) is 0 Å². The molecule has 1 aromatic heterocycles. The maximum atomic E-state index is 12.7. The van der Waals surface area contributed by atoms with E-state index in [-0.39, 0.29) is 18.3 Å². The summed E-state index contributed by atoms with van der Waals surface area (Å²) >= 11 is 0. The third-order valence-electron chi connectivity index (χ3n) is 4.42. The van der Waals surface area contributed by atoms with Crippen LogP contribution in [0.15, 0.2) is 6.07 Å². The highest BCUT2D eigenvalue weighted by atomic mass is 35.5. The Morgan fingerprint density at radius 3 is 2.71 bits per heavy atom. The predicted molar refractivity (Wildman–Crippen MR) is 89.4 cm³/mol. The topological polar surface area (TPSA) is 37.3 Å². The Morgan fingerprint density at radius 1 is 1.43 bits per heavy atom. The molecular formula is C16H28ClN3O. The van der Waals surface area contributed by atoms with Gasteiger partial charge in [0, 0.05) is 31.0 Å². The minimum atomic E-state index is 0. The van der Waals surface area contributed by atoms with Gasteiger partial charge in [0.1, 0.15) is 0 Å². The molecule has 0 aliphatic carbocycles. The number of piperidine rings is 1. The van der Waals surface area contributed by atoms with Crippen molar-refractivity contribution in [1.82, 2.24) is 14.8 Å². The first-order valence-electron chi connectivity index (χ1n) is 7.69. The second-order valence-electron chi connectivity index (χ2n) is 5.85. The van der Waals surface area contributed by atoms with Crippen LogP contribution in [-0.4, -0.2) is 42.1 Å². The van der Waals surface area contributed by atoms with Gasteiger partial charge in [-0.05, 0) is 59.2 Å². The van der Waals surface area contributed by atoms with Gasteiger partial charge in [-0.15, -0.1) is 12.4 Å². The lowest BCUT2D eigenvalue weighted by Crippen LogP contribution is -2.42. The molecule has 0 aromatic carbocycles. The second kappa shape index (κ2) is 7.85. The molecule has 1 aromatic rings. The molecule has 1 aliphatic rings. The van der Waals surface area contributed by atoms with Crippen molar-refractivity contribution >= 4 is 18.3 Å². The number of likely N-dealkylation sites (tertiary alicyclic amines) is 1. The molecule has 0 bridgehead atoms. The Bertz CT molecular complexity index is 482. The van der Waals surface area contributed by atoms with Crippen molar-refractivity contribution < 1.29 is 4.79 Å². The lowest BCUT2D eigenvalue weighted by molar-refractivity contribution is 0.0673. The molecular weight excluding hydrogens is 286 g/mol. The lowest BCUT2D eigenvalue weighted by atomic mass is 9.97. The first-order valence-corrected chi connectivity index (χ1v) is 7.69. The van der Waals surface area contributed by atoms with Crippen molar-refractivity contribution in [3.63, 3.8) is 0 Å². The summed E-state index contributed by atoms with van der Waals surface area (Å²) in [5.74, 6) is 0.797. The van der Waals surface area contributed by atoms with Crippen LogP contribution in [0.3, 0.4) is 0 Å². The van der Waals surface area contributed by atoms with E-state index < -0.39 is 0 Å². The summed E-state index contributed by atoms with van der Waals surface area (Å²) in [4.78, 5) is 14.8. The van der Waals surface area contributed by atoms with E-state index in [1.807, 2.05) is 18.0 Å². The van der Waals surface area contributed by atoms with E-state index >= 15 is 0 Å². The molecule has 21 heavy (non-hydrogen) atoms. The van der Waals surface area contributed by atoms with Crippen molar-refractivity contribution in [2.24, 2.45) is 5.92 Å². The molecule has 120 valence electrons. The fraction of sp³-hybridized carbons (Fsp3) is 0.688. The normalized spacial score (nSPS) is 18.5. The number of aromatic nitrogens is 1. The Kier molecular flexibility index (Phi) is 6.75. The SMILES string of the molecule is CCn1c(C)cc(C(=O)N2CCCC(CNC)C2)c1C.Cl. The summed E-state index contributed by atoms with van der Waals surface area (Å²) in [6.07, 6.45) is 2.34. The van der Waals surface area contributed by atoms with Crippen LogP contribution in [0.5, 0.6) is 0 Å². The number of amides is 1. The number of halogens is 1. The molecule has 0 radical (unpaired) electrons. The maximum absolute atomic E-state index is 12.7. The van der Waals surface area contributed by atoms with E-state index in [1.165, 1.54) is 12.1 Å². The number of carbonyl (C=O) groups is 1. The molecule has 1 amide bonds. The van der Waals surface area contributed by atoms with Crippen molar-refractivity contribution in [3.05, 3.63) is 23.0 Å². The van der Waals surface area contributed by atoms with Gasteiger partial charge in [0.2, 0.25) is 0 Å². The third-order valence-corrected chi connectivity index (χ3v) is 4.42. The Labute approximate surface area is 134 Å². The highest BCUT2D eigenvalue weighted by molar-refractivity contribution is 5.95. The lowest BCUT2D eigenvalue weighted by Gasteiger charge is -2.32. The fourth-order valence-electron chi connectivity index (χ4n) is 3.38. The molecule has 1 unspecified atom stereocenters. The third kappa shape index (κ3) is 3.80. The van der Waals surface area contributed by atoms with Gasteiger partial charge >= 0.3 is 0 Å². The maximum Gasteiger partial charge on any atom is 0.255 e. The van der Waals surface area contributed by atoms with E-state index in [1.54, 1.807) is 0 Å². The highest BCUT2D eigenvalue weighted by Gasteiger charge is 2.26. The molecule has 1 saturated heterocycles. The van der Waals surface area contributed by atoms with Gasteiger partial charge in [0.15, 0.2) is 0 Å². The smallest absolute Gasteiger partial charge is 0.255 e. The molecule has 0 spiro atoms. The Hall–Kier alpha value is -1.00. The Morgan fingerprint density at radius 2 is 2.14 bits per heavy atom. The van der Waals surface area contributed by atoms with Crippen LogP contribution >= 0.6 is 12.4 Å². The van der Waals surface area contributed by atoms with Crippen LogP contribution in [0, 0.1) is 19.8 Å². The number of carbonyl (C=O) groups excluding carboxylic acids is 1. The number of nitrogens with one attached hydrogen (secondary N) is 1. The van der Waals surface area contributed by atoms with Crippen molar-refractivity contribution in [2.75, 3.05) is 26.7 Å². The second-order valence-corrected chi connectivity index (χ2v) is 5.85. The summed E-state index contributed by atoms with van der Waals surface area (Å²) in [6, 6.07) is 2.04. The largest absolute Gasteiger partial charge is 0.349 e. The zero-order valence-electron chi connectivity index (χ0n) is 13.6. The fourth-order valence-corrected chi connectivity index (χ4v) is 3.38. The first kappa shape index (κ1) is 18.1. The van der Waals surface area contributed by atoms with Gasteiger partial charge < -0.3 is 14.8 Å². The van der Waals surface area contributed by atoms with E-state index in [0.717, 1.165) is 43.9 Å². The van der Waals surface area contributed by atoms with Gasteiger partial charge in [-0.1, -0.05) is 0 Å². The zero-order chi connectivity index (χ0) is 14.7. The van der Waals surface area contributed by atoms with Crippen LogP contribution in [0.2, 0.25) is 0 Å². The van der Waals surface area contributed by atoms with Crippen LogP contribution in [-0.2, 0) is 6.54 Å². The van der Waals surface area contributed by atoms with Gasteiger partial charge in [-0.3, -0.25) is 4.79 Å². The molecule has 2 heterocycles. The van der Waals surface area contributed by atoms with Gasteiger partial charge in [0.25, 0.3) is 5.91 Å². The number of nitrogens with zero attached hydrogens (tertiary/aromatic N) is 2. The molecule has 5 heteroatoms. The number of rotatable bonds is 4. The average Bonchev–Trinajstić information content (AvgIpc) is 2.73. The minimum absolute atomic E-state index is 0. The molecule has 1 atom stereocenters. The van der Waals surface area contributed by atoms with Gasteiger partial charge in [-0.25, -0.2) is 0 Å². The van der Waals surface area contributed by atoms with Crippen LogP contribution < -0.4 is 5.32 Å². The van der Waals surface area contributed by atoms with Gasteiger partial charge in [-0.2, -0.15) is 0 Å². The van der Waals surface area contributed by atoms with Crippen LogP contribution in [0.25, 0.3) is 0 Å². The van der Waals surface area contributed by atoms with Crippen molar-refractivity contribution in [2.45, 2.75) is 40.2 Å². The van der Waals surface area contributed by atoms with Crippen LogP contribution in [0.1, 0.15) is 41.5 Å². The zero-order valence-corrected chi connectivity index (χ0v) is 14.4. The molecule has 1 N–H and O–H groups in total. The van der Waals surface area contributed by atoms with E-state index in [9.17, 15) is 4.79 Å². The molecule has 1 aliphatic heterocycles.